The monoisotopic (exact) mass is 229 g/mol. The molecule has 0 amide bonds. The number of likely N-dealkylation sites (tertiary alicyclic amines) is 1. The summed E-state index contributed by atoms with van der Waals surface area (Å²) in [6.45, 7) is 4.66. The Bertz CT molecular complexity index is 297. The van der Waals surface area contributed by atoms with Crippen molar-refractivity contribution in [2.24, 2.45) is 0 Å². The van der Waals surface area contributed by atoms with Gasteiger partial charge in [-0.1, -0.05) is 18.0 Å². The van der Waals surface area contributed by atoms with Crippen LogP contribution in [-0.2, 0) is 6.54 Å². The third kappa shape index (κ3) is 2.50. The molecular formula is C11H16ClNS. The molecule has 0 radical (unpaired) electrons. The molecule has 1 aliphatic heterocycles. The second-order valence-corrected chi connectivity index (χ2v) is 5.82. The standard InChI is InChI=1S/C11H16ClNS/c1-9-4-2-3-7-13(9)8-10-5-6-11(12)14-10/h5-6,9H,2-4,7-8H2,1H3. The maximum Gasteiger partial charge on any atom is 0.0931 e. The van der Waals surface area contributed by atoms with Crippen molar-refractivity contribution in [3.05, 3.63) is 21.3 Å². The van der Waals surface area contributed by atoms with Crippen molar-refractivity contribution in [1.82, 2.24) is 4.90 Å². The summed E-state index contributed by atoms with van der Waals surface area (Å²) in [5, 5.41) is 0. The van der Waals surface area contributed by atoms with Gasteiger partial charge in [-0.25, -0.2) is 0 Å². The molecule has 1 fully saturated rings. The average molecular weight is 230 g/mol. The number of hydrogen-bond donors (Lipinski definition) is 0. The van der Waals surface area contributed by atoms with E-state index in [1.54, 1.807) is 11.3 Å². The first kappa shape index (κ1) is 10.5. The Kier molecular flexibility index (Phi) is 3.47. The summed E-state index contributed by atoms with van der Waals surface area (Å²) in [4.78, 5) is 3.95. The van der Waals surface area contributed by atoms with E-state index in [-0.39, 0.29) is 0 Å². The molecule has 3 heteroatoms. The van der Waals surface area contributed by atoms with Gasteiger partial charge < -0.3 is 0 Å². The zero-order valence-electron chi connectivity index (χ0n) is 8.50. The molecule has 1 aliphatic rings. The predicted octanol–water partition coefficient (Wildman–Crippen LogP) is 3.78. The summed E-state index contributed by atoms with van der Waals surface area (Å²) in [5.41, 5.74) is 0. The van der Waals surface area contributed by atoms with Crippen molar-refractivity contribution >= 4 is 22.9 Å². The molecule has 1 aromatic rings. The second-order valence-electron chi connectivity index (χ2n) is 4.02. The van der Waals surface area contributed by atoms with Gasteiger partial charge in [-0.3, -0.25) is 4.90 Å². The third-order valence-corrected chi connectivity index (χ3v) is 4.14. The Labute approximate surface area is 94.7 Å². The summed E-state index contributed by atoms with van der Waals surface area (Å²) in [6.07, 6.45) is 4.09. The lowest BCUT2D eigenvalue weighted by molar-refractivity contribution is 0.154. The first-order valence-corrected chi connectivity index (χ1v) is 6.43. The van der Waals surface area contributed by atoms with Gasteiger partial charge in [0.15, 0.2) is 0 Å². The zero-order valence-corrected chi connectivity index (χ0v) is 10.1. The SMILES string of the molecule is CC1CCCCN1Cc1ccc(Cl)s1. The van der Waals surface area contributed by atoms with E-state index < -0.39 is 0 Å². The first-order chi connectivity index (χ1) is 6.75. The van der Waals surface area contributed by atoms with Crippen LogP contribution in [0, 0.1) is 0 Å². The van der Waals surface area contributed by atoms with Crippen LogP contribution in [0.15, 0.2) is 12.1 Å². The van der Waals surface area contributed by atoms with Crippen molar-refractivity contribution in [3.63, 3.8) is 0 Å². The largest absolute Gasteiger partial charge is 0.296 e. The molecule has 0 saturated carbocycles. The van der Waals surface area contributed by atoms with E-state index in [1.165, 1.54) is 30.7 Å². The van der Waals surface area contributed by atoms with Gasteiger partial charge in [0.2, 0.25) is 0 Å². The lowest BCUT2D eigenvalue weighted by Gasteiger charge is -2.32. The van der Waals surface area contributed by atoms with Crippen LogP contribution in [0.5, 0.6) is 0 Å². The number of thiophene rings is 1. The molecule has 1 nitrogen and oxygen atoms in total. The van der Waals surface area contributed by atoms with Crippen LogP contribution in [0.3, 0.4) is 0 Å². The molecule has 0 aliphatic carbocycles. The van der Waals surface area contributed by atoms with E-state index in [0.717, 1.165) is 16.9 Å². The van der Waals surface area contributed by atoms with Crippen LogP contribution < -0.4 is 0 Å². The van der Waals surface area contributed by atoms with Gasteiger partial charge >= 0.3 is 0 Å². The Balaban J connectivity index is 1.95. The summed E-state index contributed by atoms with van der Waals surface area (Å²) in [6, 6.07) is 4.88. The fourth-order valence-corrected chi connectivity index (χ4v) is 3.14. The maximum absolute atomic E-state index is 5.91. The molecular weight excluding hydrogens is 214 g/mol. The summed E-state index contributed by atoms with van der Waals surface area (Å²) >= 11 is 7.62. The van der Waals surface area contributed by atoms with Crippen molar-refractivity contribution < 1.29 is 0 Å². The molecule has 0 N–H and O–H groups in total. The lowest BCUT2D eigenvalue weighted by atomic mass is 10.0. The number of hydrogen-bond acceptors (Lipinski definition) is 2. The molecule has 0 aromatic carbocycles. The minimum absolute atomic E-state index is 0.740. The number of rotatable bonds is 2. The highest BCUT2D eigenvalue weighted by atomic mass is 35.5. The van der Waals surface area contributed by atoms with Gasteiger partial charge in [-0.05, 0) is 38.4 Å². The third-order valence-electron chi connectivity index (χ3n) is 2.93. The van der Waals surface area contributed by atoms with Crippen LogP contribution >= 0.6 is 22.9 Å². The summed E-state index contributed by atoms with van der Waals surface area (Å²) in [5.74, 6) is 0. The maximum atomic E-state index is 5.91. The van der Waals surface area contributed by atoms with Gasteiger partial charge in [-0.15, -0.1) is 11.3 Å². The molecule has 0 spiro atoms. The zero-order chi connectivity index (χ0) is 9.97. The topological polar surface area (TPSA) is 3.24 Å². The van der Waals surface area contributed by atoms with E-state index in [4.69, 9.17) is 11.6 Å². The fourth-order valence-electron chi connectivity index (χ4n) is 2.03. The average Bonchev–Trinajstić information content (AvgIpc) is 2.56. The van der Waals surface area contributed by atoms with Crippen LogP contribution in [-0.4, -0.2) is 17.5 Å². The Hall–Kier alpha value is -0.0500. The van der Waals surface area contributed by atoms with Gasteiger partial charge in [0.25, 0.3) is 0 Å². The van der Waals surface area contributed by atoms with Crippen LogP contribution in [0.1, 0.15) is 31.1 Å². The minimum Gasteiger partial charge on any atom is -0.296 e. The molecule has 78 valence electrons. The normalized spacial score (nSPS) is 24.0. The highest BCUT2D eigenvalue weighted by Gasteiger charge is 2.18. The summed E-state index contributed by atoms with van der Waals surface area (Å²) < 4.78 is 0.907. The van der Waals surface area contributed by atoms with E-state index in [2.05, 4.69) is 17.9 Å². The Morgan fingerprint density at radius 1 is 1.50 bits per heavy atom. The number of halogens is 1. The predicted molar refractivity (Wildman–Crippen MR) is 63.1 cm³/mol. The smallest absolute Gasteiger partial charge is 0.0931 e. The highest BCUT2D eigenvalue weighted by molar-refractivity contribution is 7.16. The number of piperidine rings is 1. The van der Waals surface area contributed by atoms with Gasteiger partial charge in [0.1, 0.15) is 0 Å². The molecule has 2 rings (SSSR count). The molecule has 1 atom stereocenters. The van der Waals surface area contributed by atoms with Crippen molar-refractivity contribution in [1.29, 1.82) is 0 Å². The van der Waals surface area contributed by atoms with Crippen LogP contribution in [0.4, 0.5) is 0 Å². The lowest BCUT2D eigenvalue weighted by Crippen LogP contribution is -2.36. The van der Waals surface area contributed by atoms with Gasteiger partial charge in [-0.2, -0.15) is 0 Å². The molecule has 1 saturated heterocycles. The minimum atomic E-state index is 0.740. The van der Waals surface area contributed by atoms with Gasteiger partial charge in [0, 0.05) is 17.5 Å². The van der Waals surface area contributed by atoms with Crippen molar-refractivity contribution in [2.45, 2.75) is 38.8 Å². The van der Waals surface area contributed by atoms with E-state index in [0.29, 0.717) is 0 Å². The molecule has 1 unspecified atom stereocenters. The highest BCUT2D eigenvalue weighted by Crippen LogP contribution is 2.25. The molecule has 2 heterocycles. The molecule has 1 aromatic heterocycles. The van der Waals surface area contributed by atoms with E-state index >= 15 is 0 Å². The van der Waals surface area contributed by atoms with Crippen LogP contribution in [0.25, 0.3) is 0 Å². The van der Waals surface area contributed by atoms with Crippen molar-refractivity contribution in [3.8, 4) is 0 Å². The van der Waals surface area contributed by atoms with E-state index in [9.17, 15) is 0 Å². The summed E-state index contributed by atoms with van der Waals surface area (Å²) in [7, 11) is 0. The Morgan fingerprint density at radius 3 is 3.00 bits per heavy atom. The fraction of sp³-hybridized carbons (Fsp3) is 0.636. The Morgan fingerprint density at radius 2 is 2.36 bits per heavy atom. The quantitative estimate of drug-likeness (QED) is 0.746. The van der Waals surface area contributed by atoms with Crippen molar-refractivity contribution in [2.75, 3.05) is 6.54 Å². The second kappa shape index (κ2) is 4.65. The first-order valence-electron chi connectivity index (χ1n) is 5.24. The molecule has 0 bridgehead atoms. The van der Waals surface area contributed by atoms with Crippen LogP contribution in [0.2, 0.25) is 4.34 Å². The van der Waals surface area contributed by atoms with E-state index in [1.807, 2.05) is 6.07 Å². The van der Waals surface area contributed by atoms with Gasteiger partial charge in [0.05, 0.1) is 4.34 Å². The number of nitrogens with zero attached hydrogens (tertiary/aromatic N) is 1. The molecule has 14 heavy (non-hydrogen) atoms.